The lowest BCUT2D eigenvalue weighted by Crippen LogP contribution is -1.71. The van der Waals surface area contributed by atoms with E-state index in [1.54, 1.807) is 0 Å². The van der Waals surface area contributed by atoms with E-state index in [9.17, 15) is 0 Å². The van der Waals surface area contributed by atoms with Gasteiger partial charge in [0.15, 0.2) is 0 Å². The third kappa shape index (κ3) is 7.30. The average Bonchev–Trinajstić information content (AvgIpc) is 1.87. The van der Waals surface area contributed by atoms with Gasteiger partial charge in [0.1, 0.15) is 0 Å². The Morgan fingerprint density at radius 2 is 2.10 bits per heavy atom. The minimum atomic E-state index is 0.969. The Labute approximate surface area is 64.3 Å². The molecule has 0 rings (SSSR count). The summed E-state index contributed by atoms with van der Waals surface area (Å²) in [7, 11) is 0. The van der Waals surface area contributed by atoms with Gasteiger partial charge in [-0.25, -0.2) is 0 Å². The van der Waals surface area contributed by atoms with Gasteiger partial charge >= 0.3 is 0 Å². The van der Waals surface area contributed by atoms with Crippen LogP contribution in [0.2, 0.25) is 0 Å². The lowest BCUT2D eigenvalue weighted by atomic mass is 10.2. The molecule has 0 nitrogen and oxygen atoms in total. The Kier molecular flexibility index (Phi) is 5.97. The monoisotopic (exact) mass is 136 g/mol. The van der Waals surface area contributed by atoms with Crippen molar-refractivity contribution in [1.82, 2.24) is 0 Å². The number of unbranched alkanes of at least 4 members (excludes halogenated alkanes) is 3. The molecule has 0 radical (unpaired) electrons. The molecule has 0 unspecified atom stereocenters. The van der Waals surface area contributed by atoms with Crippen LogP contribution >= 0.6 is 0 Å². The number of hydrogen-bond donors (Lipinski definition) is 0. The van der Waals surface area contributed by atoms with Crippen LogP contribution in [0.3, 0.4) is 0 Å². The molecule has 0 N–H and O–H groups in total. The summed E-state index contributed by atoms with van der Waals surface area (Å²) in [6, 6.07) is 0. The van der Waals surface area contributed by atoms with Crippen LogP contribution in [0.25, 0.3) is 0 Å². The van der Waals surface area contributed by atoms with Crippen molar-refractivity contribution < 1.29 is 0 Å². The number of hydrogen-bond acceptors (Lipinski definition) is 0. The van der Waals surface area contributed by atoms with Gasteiger partial charge in [0.2, 0.25) is 0 Å². The molecule has 0 aliphatic heterocycles. The van der Waals surface area contributed by atoms with Crippen LogP contribution in [0.5, 0.6) is 0 Å². The van der Waals surface area contributed by atoms with Crippen LogP contribution < -0.4 is 0 Å². The first-order valence-electron chi connectivity index (χ1n) is 3.91. The molecular formula is C10H16. The molecule has 0 atom stereocenters. The Hall–Kier alpha value is -0.700. The maximum absolute atomic E-state index is 3.70. The van der Waals surface area contributed by atoms with Gasteiger partial charge < -0.3 is 0 Å². The van der Waals surface area contributed by atoms with Gasteiger partial charge in [-0.3, -0.25) is 0 Å². The maximum atomic E-state index is 3.70. The van der Waals surface area contributed by atoms with E-state index in [-0.39, 0.29) is 0 Å². The second-order valence-electron chi connectivity index (χ2n) is 2.54. The Morgan fingerprint density at radius 1 is 1.40 bits per heavy atom. The van der Waals surface area contributed by atoms with Crippen molar-refractivity contribution in [1.29, 1.82) is 0 Å². The summed E-state index contributed by atoms with van der Waals surface area (Å²) in [4.78, 5) is 0. The summed E-state index contributed by atoms with van der Waals surface area (Å²) in [6.45, 7) is 7.84. The summed E-state index contributed by atoms with van der Waals surface area (Å²) in [5.74, 6) is 6.03. The zero-order valence-electron chi connectivity index (χ0n) is 7.04. The lowest BCUT2D eigenvalue weighted by Gasteiger charge is -1.87. The molecule has 0 aliphatic rings. The second-order valence-corrected chi connectivity index (χ2v) is 2.54. The van der Waals surface area contributed by atoms with Crippen molar-refractivity contribution in [2.45, 2.75) is 39.5 Å². The largest absolute Gasteiger partial charge is 0.0983 e. The van der Waals surface area contributed by atoms with Gasteiger partial charge in [-0.1, -0.05) is 38.2 Å². The van der Waals surface area contributed by atoms with E-state index in [1.165, 1.54) is 19.3 Å². The van der Waals surface area contributed by atoms with Gasteiger partial charge in [-0.2, -0.15) is 0 Å². The molecule has 0 saturated carbocycles. The summed E-state index contributed by atoms with van der Waals surface area (Å²) < 4.78 is 0. The van der Waals surface area contributed by atoms with Gasteiger partial charge in [0.25, 0.3) is 0 Å². The predicted octanol–water partition coefficient (Wildman–Crippen LogP) is 3.15. The minimum Gasteiger partial charge on any atom is -0.0983 e. The highest BCUT2D eigenvalue weighted by atomic mass is 13.8. The van der Waals surface area contributed by atoms with Crippen molar-refractivity contribution >= 4 is 0 Å². The van der Waals surface area contributed by atoms with Crippen LogP contribution in [0.4, 0.5) is 0 Å². The fourth-order valence-corrected chi connectivity index (χ4v) is 0.677. The van der Waals surface area contributed by atoms with Crippen molar-refractivity contribution in [3.05, 3.63) is 12.2 Å². The van der Waals surface area contributed by atoms with Crippen molar-refractivity contribution in [2.24, 2.45) is 0 Å². The first-order chi connectivity index (χ1) is 4.77. The van der Waals surface area contributed by atoms with Gasteiger partial charge in [-0.05, 0) is 18.9 Å². The van der Waals surface area contributed by atoms with Crippen molar-refractivity contribution in [2.75, 3.05) is 0 Å². The molecular weight excluding hydrogens is 120 g/mol. The highest BCUT2D eigenvalue weighted by molar-refractivity contribution is 5.22. The standard InChI is InChI=1S/C10H16/c1-4-5-6-7-8-9-10(2)3/h2,4-7H2,1,3H3. The molecule has 0 aliphatic carbocycles. The van der Waals surface area contributed by atoms with Crippen LogP contribution in [-0.4, -0.2) is 0 Å². The predicted molar refractivity (Wildman–Crippen MR) is 46.7 cm³/mol. The molecule has 0 aromatic rings. The van der Waals surface area contributed by atoms with Gasteiger partial charge in [-0.15, -0.1) is 0 Å². The molecule has 0 aromatic carbocycles. The van der Waals surface area contributed by atoms with E-state index in [2.05, 4.69) is 25.3 Å². The second kappa shape index (κ2) is 6.42. The van der Waals surface area contributed by atoms with E-state index in [0.717, 1.165) is 12.0 Å². The zero-order chi connectivity index (χ0) is 7.82. The fraction of sp³-hybridized carbons (Fsp3) is 0.600. The Bertz CT molecular complexity index is 143. The van der Waals surface area contributed by atoms with E-state index in [0.29, 0.717) is 0 Å². The molecule has 0 spiro atoms. The fourth-order valence-electron chi connectivity index (χ4n) is 0.677. The molecule has 10 heavy (non-hydrogen) atoms. The third-order valence-electron chi connectivity index (χ3n) is 1.21. The Balaban J connectivity index is 3.20. The Morgan fingerprint density at radius 3 is 2.60 bits per heavy atom. The third-order valence-corrected chi connectivity index (χ3v) is 1.21. The number of rotatable bonds is 3. The van der Waals surface area contributed by atoms with Gasteiger partial charge in [0.05, 0.1) is 0 Å². The average molecular weight is 136 g/mol. The van der Waals surface area contributed by atoms with Gasteiger partial charge in [0, 0.05) is 6.42 Å². The molecule has 0 aromatic heterocycles. The maximum Gasteiger partial charge on any atom is 0.00923 e. The SMILES string of the molecule is C=C(C)C#CCCCCC. The van der Waals surface area contributed by atoms with E-state index >= 15 is 0 Å². The quantitative estimate of drug-likeness (QED) is 0.413. The number of allylic oxidation sites excluding steroid dienone is 1. The normalized spacial score (nSPS) is 8.20. The van der Waals surface area contributed by atoms with E-state index < -0.39 is 0 Å². The summed E-state index contributed by atoms with van der Waals surface area (Å²) in [5, 5.41) is 0. The zero-order valence-corrected chi connectivity index (χ0v) is 7.04. The topological polar surface area (TPSA) is 0 Å². The van der Waals surface area contributed by atoms with Crippen LogP contribution in [0.1, 0.15) is 39.5 Å². The molecule has 56 valence electrons. The molecule has 0 heterocycles. The smallest absolute Gasteiger partial charge is 0.00923 e. The van der Waals surface area contributed by atoms with Crippen molar-refractivity contribution in [3.63, 3.8) is 0 Å². The molecule has 0 amide bonds. The van der Waals surface area contributed by atoms with E-state index in [4.69, 9.17) is 0 Å². The molecule has 0 heteroatoms. The van der Waals surface area contributed by atoms with E-state index in [1.807, 2.05) is 6.92 Å². The molecule has 0 saturated heterocycles. The van der Waals surface area contributed by atoms with Crippen LogP contribution in [-0.2, 0) is 0 Å². The summed E-state index contributed by atoms with van der Waals surface area (Å²) in [5.41, 5.74) is 0.969. The summed E-state index contributed by atoms with van der Waals surface area (Å²) >= 11 is 0. The highest BCUT2D eigenvalue weighted by Crippen LogP contribution is 1.96. The molecule has 0 bridgehead atoms. The lowest BCUT2D eigenvalue weighted by molar-refractivity contribution is 0.737. The minimum absolute atomic E-state index is 0.969. The summed E-state index contributed by atoms with van der Waals surface area (Å²) in [6.07, 6.45) is 4.83. The van der Waals surface area contributed by atoms with Crippen LogP contribution in [0.15, 0.2) is 12.2 Å². The highest BCUT2D eigenvalue weighted by Gasteiger charge is 1.79. The van der Waals surface area contributed by atoms with Crippen molar-refractivity contribution in [3.8, 4) is 11.8 Å². The first kappa shape index (κ1) is 9.30. The molecule has 0 fully saturated rings. The van der Waals surface area contributed by atoms with Crippen LogP contribution in [0, 0.1) is 11.8 Å². The first-order valence-corrected chi connectivity index (χ1v) is 3.91.